The van der Waals surface area contributed by atoms with E-state index in [0.29, 0.717) is 16.4 Å². The Morgan fingerprint density at radius 3 is 2.87 bits per heavy atom. The standard InChI is InChI=1S/C9H14ClN3OS/c1-6-4-14-5-7(6)13(2)3-8-11-12-9(10)15-8/h6-7H,3-5H2,1-2H3. The van der Waals surface area contributed by atoms with Crippen molar-refractivity contribution < 1.29 is 4.74 Å². The molecule has 1 aromatic rings. The van der Waals surface area contributed by atoms with Crippen molar-refractivity contribution in [3.05, 3.63) is 9.47 Å². The van der Waals surface area contributed by atoms with Crippen LogP contribution in [0.1, 0.15) is 11.9 Å². The summed E-state index contributed by atoms with van der Waals surface area (Å²) in [6, 6.07) is 0.479. The van der Waals surface area contributed by atoms with Gasteiger partial charge in [-0.3, -0.25) is 4.90 Å². The summed E-state index contributed by atoms with van der Waals surface area (Å²) in [5, 5.41) is 8.76. The summed E-state index contributed by atoms with van der Waals surface area (Å²) < 4.78 is 5.94. The van der Waals surface area contributed by atoms with E-state index in [1.54, 1.807) is 0 Å². The number of hydrogen-bond donors (Lipinski definition) is 0. The fourth-order valence-electron chi connectivity index (χ4n) is 1.84. The number of halogens is 1. The first kappa shape index (κ1) is 11.3. The van der Waals surface area contributed by atoms with E-state index in [9.17, 15) is 0 Å². The van der Waals surface area contributed by atoms with E-state index in [2.05, 4.69) is 29.1 Å². The third-order valence-corrected chi connectivity index (χ3v) is 3.72. The monoisotopic (exact) mass is 247 g/mol. The molecule has 2 unspecified atom stereocenters. The average Bonchev–Trinajstić information content (AvgIpc) is 2.75. The van der Waals surface area contributed by atoms with Crippen molar-refractivity contribution in [3.8, 4) is 0 Å². The van der Waals surface area contributed by atoms with Crippen LogP contribution in [-0.4, -0.2) is 41.4 Å². The largest absolute Gasteiger partial charge is 0.379 e. The lowest BCUT2D eigenvalue weighted by atomic mass is 10.1. The molecule has 84 valence electrons. The quantitative estimate of drug-likeness (QED) is 0.814. The Labute approximate surface area is 98.2 Å². The lowest BCUT2D eigenvalue weighted by Crippen LogP contribution is -2.35. The van der Waals surface area contributed by atoms with E-state index >= 15 is 0 Å². The Balaban J connectivity index is 1.94. The highest BCUT2D eigenvalue weighted by Gasteiger charge is 2.28. The molecular weight excluding hydrogens is 234 g/mol. The molecule has 1 aliphatic heterocycles. The Kier molecular flexibility index (Phi) is 3.56. The molecule has 0 bridgehead atoms. The first-order chi connectivity index (χ1) is 7.16. The molecule has 2 rings (SSSR count). The minimum absolute atomic E-state index is 0.479. The third kappa shape index (κ3) is 2.66. The summed E-state index contributed by atoms with van der Waals surface area (Å²) >= 11 is 7.17. The molecule has 15 heavy (non-hydrogen) atoms. The number of ether oxygens (including phenoxy) is 1. The summed E-state index contributed by atoms with van der Waals surface area (Å²) in [5.74, 6) is 0.582. The van der Waals surface area contributed by atoms with Crippen LogP contribution >= 0.6 is 22.9 Å². The van der Waals surface area contributed by atoms with Gasteiger partial charge in [0.2, 0.25) is 4.47 Å². The van der Waals surface area contributed by atoms with Crippen LogP contribution in [0.2, 0.25) is 4.47 Å². The van der Waals surface area contributed by atoms with Gasteiger partial charge in [0.15, 0.2) is 0 Å². The molecule has 2 heterocycles. The molecule has 1 fully saturated rings. The maximum absolute atomic E-state index is 5.73. The normalized spacial score (nSPS) is 26.4. The Morgan fingerprint density at radius 2 is 2.33 bits per heavy atom. The fourth-order valence-corrected chi connectivity index (χ4v) is 2.77. The van der Waals surface area contributed by atoms with Gasteiger partial charge in [0, 0.05) is 6.04 Å². The zero-order valence-corrected chi connectivity index (χ0v) is 10.4. The second-order valence-corrected chi connectivity index (χ2v) is 5.59. The highest BCUT2D eigenvalue weighted by Crippen LogP contribution is 2.21. The minimum atomic E-state index is 0.479. The molecule has 0 radical (unpaired) electrons. The molecular formula is C9H14ClN3OS. The molecule has 0 amide bonds. The highest BCUT2D eigenvalue weighted by atomic mass is 35.5. The summed E-state index contributed by atoms with van der Waals surface area (Å²) in [6.45, 7) is 4.67. The first-order valence-electron chi connectivity index (χ1n) is 4.92. The second-order valence-electron chi connectivity index (χ2n) is 3.95. The predicted molar refractivity (Wildman–Crippen MR) is 60.2 cm³/mol. The first-order valence-corrected chi connectivity index (χ1v) is 6.12. The lowest BCUT2D eigenvalue weighted by molar-refractivity contribution is 0.156. The minimum Gasteiger partial charge on any atom is -0.379 e. The molecule has 1 saturated heterocycles. The molecule has 0 N–H and O–H groups in total. The number of aromatic nitrogens is 2. The van der Waals surface area contributed by atoms with Gasteiger partial charge in [-0.25, -0.2) is 0 Å². The summed E-state index contributed by atoms with van der Waals surface area (Å²) in [7, 11) is 2.09. The molecule has 0 aliphatic carbocycles. The predicted octanol–water partition coefficient (Wildman–Crippen LogP) is 1.66. The molecule has 1 aliphatic rings. The van der Waals surface area contributed by atoms with Crippen LogP contribution in [-0.2, 0) is 11.3 Å². The zero-order chi connectivity index (χ0) is 10.8. The van der Waals surface area contributed by atoms with Gasteiger partial charge in [-0.2, -0.15) is 0 Å². The maximum atomic E-state index is 5.73. The van der Waals surface area contributed by atoms with Gasteiger partial charge in [-0.1, -0.05) is 18.3 Å². The van der Waals surface area contributed by atoms with Crippen LogP contribution in [0.3, 0.4) is 0 Å². The van der Waals surface area contributed by atoms with Crippen LogP contribution in [0.5, 0.6) is 0 Å². The van der Waals surface area contributed by atoms with Gasteiger partial charge in [0.1, 0.15) is 5.01 Å². The molecule has 0 saturated carbocycles. The summed E-state index contributed by atoms with van der Waals surface area (Å²) in [4.78, 5) is 2.26. The van der Waals surface area contributed by atoms with Crippen molar-refractivity contribution in [2.45, 2.75) is 19.5 Å². The van der Waals surface area contributed by atoms with Crippen molar-refractivity contribution in [1.29, 1.82) is 0 Å². The van der Waals surface area contributed by atoms with Crippen LogP contribution in [0, 0.1) is 5.92 Å². The fraction of sp³-hybridized carbons (Fsp3) is 0.778. The number of nitrogens with zero attached hydrogens (tertiary/aromatic N) is 3. The SMILES string of the molecule is CC1COCC1N(C)Cc1nnc(Cl)s1. The van der Waals surface area contributed by atoms with Crippen molar-refractivity contribution in [2.24, 2.45) is 5.92 Å². The molecule has 0 aromatic carbocycles. The lowest BCUT2D eigenvalue weighted by Gasteiger charge is -2.24. The highest BCUT2D eigenvalue weighted by molar-refractivity contribution is 7.15. The van der Waals surface area contributed by atoms with Crippen molar-refractivity contribution in [1.82, 2.24) is 15.1 Å². The molecule has 6 heteroatoms. The Hall–Kier alpha value is -0.230. The van der Waals surface area contributed by atoms with Crippen molar-refractivity contribution >= 4 is 22.9 Å². The van der Waals surface area contributed by atoms with E-state index in [4.69, 9.17) is 16.3 Å². The van der Waals surface area contributed by atoms with Gasteiger partial charge in [-0.15, -0.1) is 10.2 Å². The summed E-state index contributed by atoms with van der Waals surface area (Å²) in [6.07, 6.45) is 0. The molecule has 4 nitrogen and oxygen atoms in total. The Morgan fingerprint density at radius 1 is 1.53 bits per heavy atom. The number of likely N-dealkylation sites (N-methyl/N-ethyl adjacent to an activating group) is 1. The molecule has 0 spiro atoms. The van der Waals surface area contributed by atoms with E-state index in [-0.39, 0.29) is 0 Å². The summed E-state index contributed by atoms with van der Waals surface area (Å²) in [5.41, 5.74) is 0. The van der Waals surface area contributed by atoms with Gasteiger partial charge < -0.3 is 4.74 Å². The smallest absolute Gasteiger partial charge is 0.207 e. The number of rotatable bonds is 3. The second kappa shape index (κ2) is 4.74. The molecule has 2 atom stereocenters. The van der Waals surface area contributed by atoms with Gasteiger partial charge in [0.25, 0.3) is 0 Å². The van der Waals surface area contributed by atoms with Crippen LogP contribution < -0.4 is 0 Å². The maximum Gasteiger partial charge on any atom is 0.207 e. The van der Waals surface area contributed by atoms with E-state index in [1.807, 2.05) is 0 Å². The van der Waals surface area contributed by atoms with E-state index < -0.39 is 0 Å². The topological polar surface area (TPSA) is 38.2 Å². The van der Waals surface area contributed by atoms with Crippen LogP contribution in [0.4, 0.5) is 0 Å². The molecule has 1 aromatic heterocycles. The van der Waals surface area contributed by atoms with E-state index in [0.717, 1.165) is 24.8 Å². The van der Waals surface area contributed by atoms with Crippen molar-refractivity contribution in [3.63, 3.8) is 0 Å². The number of hydrogen-bond acceptors (Lipinski definition) is 5. The van der Waals surface area contributed by atoms with Gasteiger partial charge >= 0.3 is 0 Å². The zero-order valence-electron chi connectivity index (χ0n) is 8.81. The average molecular weight is 248 g/mol. The van der Waals surface area contributed by atoms with E-state index in [1.165, 1.54) is 11.3 Å². The van der Waals surface area contributed by atoms with Gasteiger partial charge in [-0.05, 0) is 24.6 Å². The van der Waals surface area contributed by atoms with Crippen LogP contribution in [0.15, 0.2) is 0 Å². The van der Waals surface area contributed by atoms with Crippen molar-refractivity contribution in [2.75, 3.05) is 20.3 Å². The third-order valence-electron chi connectivity index (χ3n) is 2.72. The van der Waals surface area contributed by atoms with Crippen LogP contribution in [0.25, 0.3) is 0 Å². The van der Waals surface area contributed by atoms with Gasteiger partial charge in [0.05, 0.1) is 19.8 Å². The Bertz CT molecular complexity index is 333.